The summed E-state index contributed by atoms with van der Waals surface area (Å²) in [6, 6.07) is 3.29. The van der Waals surface area contributed by atoms with Crippen LogP contribution in [0.1, 0.15) is 42.5 Å². The van der Waals surface area contributed by atoms with Gasteiger partial charge in [-0.2, -0.15) is 0 Å². The molecule has 2 amide bonds. The molecule has 3 rings (SSSR count). The standard InChI is InChI=1S/C20H32N6O3.HI/c1-2-22-20(23-14-16-6-7-17(29-16)19(21)28)26-12-10-24(11-13-26)15-18(27)25-8-4-3-5-9-25;/h6-7H,2-5,8-15H2,1H3,(H2,21,28)(H,22,23);1H. The molecule has 0 aromatic carbocycles. The second kappa shape index (κ2) is 12.1. The Morgan fingerprint density at radius 3 is 2.37 bits per heavy atom. The average molecular weight is 532 g/mol. The zero-order chi connectivity index (χ0) is 20.6. The highest BCUT2D eigenvalue weighted by molar-refractivity contribution is 14.0. The second-order valence-electron chi connectivity index (χ2n) is 7.51. The van der Waals surface area contributed by atoms with Crippen molar-refractivity contribution in [2.24, 2.45) is 10.7 Å². The number of piperazine rings is 1. The smallest absolute Gasteiger partial charge is 0.284 e. The van der Waals surface area contributed by atoms with Crippen LogP contribution in [0.25, 0.3) is 0 Å². The maximum absolute atomic E-state index is 12.5. The van der Waals surface area contributed by atoms with Crippen molar-refractivity contribution in [2.75, 3.05) is 52.4 Å². The van der Waals surface area contributed by atoms with Gasteiger partial charge < -0.3 is 25.3 Å². The van der Waals surface area contributed by atoms with Gasteiger partial charge in [-0.1, -0.05) is 0 Å². The van der Waals surface area contributed by atoms with Crippen LogP contribution in [0.15, 0.2) is 21.5 Å². The highest BCUT2D eigenvalue weighted by atomic mass is 127. The van der Waals surface area contributed by atoms with E-state index in [1.807, 2.05) is 11.8 Å². The molecule has 30 heavy (non-hydrogen) atoms. The number of halogens is 1. The lowest BCUT2D eigenvalue weighted by atomic mass is 10.1. The molecular weight excluding hydrogens is 499 g/mol. The number of furan rings is 1. The third-order valence-corrected chi connectivity index (χ3v) is 5.36. The number of carbonyl (C=O) groups is 2. The van der Waals surface area contributed by atoms with Crippen LogP contribution in [0.5, 0.6) is 0 Å². The number of guanidine groups is 1. The SMILES string of the molecule is CCNC(=NCc1ccc(C(N)=O)o1)N1CCN(CC(=O)N2CCCCC2)CC1.I. The number of nitrogens with two attached hydrogens (primary N) is 1. The summed E-state index contributed by atoms with van der Waals surface area (Å²) in [5.41, 5.74) is 5.22. The van der Waals surface area contributed by atoms with Gasteiger partial charge in [0.2, 0.25) is 5.91 Å². The molecular formula is C20H33IN6O3. The fourth-order valence-corrected chi connectivity index (χ4v) is 3.73. The number of aliphatic imine (C=N–C) groups is 1. The molecule has 0 unspecified atom stereocenters. The lowest BCUT2D eigenvalue weighted by Crippen LogP contribution is -2.54. The summed E-state index contributed by atoms with van der Waals surface area (Å²) in [4.78, 5) is 34.7. The van der Waals surface area contributed by atoms with Gasteiger partial charge in [-0.25, -0.2) is 4.99 Å². The molecule has 0 radical (unpaired) electrons. The molecule has 3 N–H and O–H groups in total. The van der Waals surface area contributed by atoms with E-state index >= 15 is 0 Å². The first-order valence-corrected chi connectivity index (χ1v) is 10.5. The fraction of sp³-hybridized carbons (Fsp3) is 0.650. The number of hydrogen-bond donors (Lipinski definition) is 2. The minimum absolute atomic E-state index is 0. The molecule has 9 nitrogen and oxygen atoms in total. The van der Waals surface area contributed by atoms with Gasteiger partial charge in [-0.15, -0.1) is 24.0 Å². The molecule has 1 aromatic heterocycles. The molecule has 2 aliphatic heterocycles. The number of likely N-dealkylation sites (tertiary alicyclic amines) is 1. The van der Waals surface area contributed by atoms with Gasteiger partial charge in [0.25, 0.3) is 5.91 Å². The van der Waals surface area contributed by atoms with Crippen LogP contribution in [-0.2, 0) is 11.3 Å². The van der Waals surface area contributed by atoms with Gasteiger partial charge in [0.05, 0.1) is 6.54 Å². The van der Waals surface area contributed by atoms with Crippen molar-refractivity contribution < 1.29 is 14.0 Å². The molecule has 10 heteroatoms. The molecule has 2 saturated heterocycles. The molecule has 1 aromatic rings. The van der Waals surface area contributed by atoms with Gasteiger partial charge in [-0.3, -0.25) is 14.5 Å². The molecule has 0 bridgehead atoms. The largest absolute Gasteiger partial charge is 0.454 e. The lowest BCUT2D eigenvalue weighted by Gasteiger charge is -2.37. The highest BCUT2D eigenvalue weighted by Crippen LogP contribution is 2.11. The van der Waals surface area contributed by atoms with E-state index in [0.717, 1.165) is 64.6 Å². The van der Waals surface area contributed by atoms with E-state index in [2.05, 4.69) is 20.1 Å². The third kappa shape index (κ3) is 6.86. The molecule has 2 aliphatic rings. The number of nitrogens with zero attached hydrogens (tertiary/aromatic N) is 4. The second-order valence-corrected chi connectivity index (χ2v) is 7.51. The maximum atomic E-state index is 12.5. The number of amides is 2. The molecule has 168 valence electrons. The number of primary amides is 1. The van der Waals surface area contributed by atoms with Crippen LogP contribution in [0, 0.1) is 0 Å². The van der Waals surface area contributed by atoms with Crippen molar-refractivity contribution in [3.05, 3.63) is 23.7 Å². The first-order chi connectivity index (χ1) is 14.1. The van der Waals surface area contributed by atoms with Gasteiger partial charge >= 0.3 is 0 Å². The monoisotopic (exact) mass is 532 g/mol. The third-order valence-electron chi connectivity index (χ3n) is 5.36. The van der Waals surface area contributed by atoms with Gasteiger partial charge in [0.1, 0.15) is 12.3 Å². The summed E-state index contributed by atoms with van der Waals surface area (Å²) >= 11 is 0. The first-order valence-electron chi connectivity index (χ1n) is 10.5. The Morgan fingerprint density at radius 1 is 1.07 bits per heavy atom. The van der Waals surface area contributed by atoms with Crippen molar-refractivity contribution in [2.45, 2.75) is 32.7 Å². The van der Waals surface area contributed by atoms with Gasteiger partial charge in [-0.05, 0) is 38.3 Å². The van der Waals surface area contributed by atoms with Crippen molar-refractivity contribution >= 4 is 41.8 Å². The predicted octanol–water partition coefficient (Wildman–Crippen LogP) is 1.09. The summed E-state index contributed by atoms with van der Waals surface area (Å²) in [7, 11) is 0. The zero-order valence-electron chi connectivity index (χ0n) is 17.6. The molecule has 0 spiro atoms. The van der Waals surface area contributed by atoms with Crippen LogP contribution in [0.2, 0.25) is 0 Å². The van der Waals surface area contributed by atoms with Crippen LogP contribution in [0.3, 0.4) is 0 Å². The Morgan fingerprint density at radius 2 is 1.77 bits per heavy atom. The van der Waals surface area contributed by atoms with Crippen LogP contribution >= 0.6 is 24.0 Å². The molecule has 3 heterocycles. The summed E-state index contributed by atoms with van der Waals surface area (Å²) in [5, 5.41) is 3.31. The fourth-order valence-electron chi connectivity index (χ4n) is 3.73. The molecule has 2 fully saturated rings. The van der Waals surface area contributed by atoms with E-state index in [1.165, 1.54) is 6.42 Å². The van der Waals surface area contributed by atoms with Gasteiger partial charge in [0, 0.05) is 45.8 Å². The summed E-state index contributed by atoms with van der Waals surface area (Å²) in [6.45, 7) is 8.71. The van der Waals surface area contributed by atoms with Crippen LogP contribution < -0.4 is 11.1 Å². The van der Waals surface area contributed by atoms with E-state index in [1.54, 1.807) is 12.1 Å². The number of rotatable bonds is 6. The van der Waals surface area contributed by atoms with E-state index in [-0.39, 0.29) is 35.6 Å². The molecule has 0 aliphatic carbocycles. The van der Waals surface area contributed by atoms with Gasteiger partial charge in [0.15, 0.2) is 11.7 Å². The molecule has 0 saturated carbocycles. The zero-order valence-corrected chi connectivity index (χ0v) is 20.0. The Kier molecular flexibility index (Phi) is 9.89. The van der Waals surface area contributed by atoms with Crippen LogP contribution in [-0.4, -0.2) is 84.8 Å². The Bertz CT molecular complexity index is 724. The lowest BCUT2D eigenvalue weighted by molar-refractivity contribution is -0.133. The van der Waals surface area contributed by atoms with E-state index in [4.69, 9.17) is 10.2 Å². The number of piperidine rings is 1. The topological polar surface area (TPSA) is 107 Å². The van der Waals surface area contributed by atoms with E-state index in [0.29, 0.717) is 18.8 Å². The quantitative estimate of drug-likeness (QED) is 0.323. The van der Waals surface area contributed by atoms with E-state index < -0.39 is 5.91 Å². The predicted molar refractivity (Wildman–Crippen MR) is 126 cm³/mol. The normalized spacial score (nSPS) is 18.1. The highest BCUT2D eigenvalue weighted by Gasteiger charge is 2.24. The minimum atomic E-state index is -0.581. The van der Waals surface area contributed by atoms with Crippen molar-refractivity contribution in [1.82, 2.24) is 20.0 Å². The number of nitrogens with one attached hydrogen (secondary N) is 1. The van der Waals surface area contributed by atoms with Crippen molar-refractivity contribution in [3.63, 3.8) is 0 Å². The minimum Gasteiger partial charge on any atom is -0.454 e. The van der Waals surface area contributed by atoms with Crippen LogP contribution in [0.4, 0.5) is 0 Å². The Balaban J connectivity index is 0.00000320. The van der Waals surface area contributed by atoms with E-state index in [9.17, 15) is 9.59 Å². The summed E-state index contributed by atoms with van der Waals surface area (Å²) in [5.74, 6) is 1.22. The first kappa shape index (κ1) is 24.4. The summed E-state index contributed by atoms with van der Waals surface area (Å²) < 4.78 is 5.40. The average Bonchev–Trinajstić information content (AvgIpc) is 3.22. The maximum Gasteiger partial charge on any atom is 0.284 e. The molecule has 0 atom stereocenters. The summed E-state index contributed by atoms with van der Waals surface area (Å²) in [6.07, 6.45) is 3.48. The van der Waals surface area contributed by atoms with Crippen molar-refractivity contribution in [1.29, 1.82) is 0 Å². The Labute approximate surface area is 195 Å². The number of hydrogen-bond acceptors (Lipinski definition) is 5. The Hall–Kier alpha value is -1.82. The number of carbonyl (C=O) groups excluding carboxylic acids is 2. The van der Waals surface area contributed by atoms with Crippen molar-refractivity contribution in [3.8, 4) is 0 Å².